The molecule has 1 heterocycles. The number of carbonyl (C=O) groups is 1. The Hall–Kier alpha value is -0.650. The minimum absolute atomic E-state index is 0.227. The third-order valence-electron chi connectivity index (χ3n) is 2.79. The minimum Gasteiger partial charge on any atom is -0.480 e. The fourth-order valence-electron chi connectivity index (χ4n) is 1.76. The van der Waals surface area contributed by atoms with Gasteiger partial charge in [-0.05, 0) is 13.3 Å². The molecule has 1 fully saturated rings. The number of ether oxygens (including phenoxy) is 1. The predicted molar refractivity (Wildman–Crippen MR) is 52.1 cm³/mol. The topological polar surface area (TPSA) is 75.8 Å². The van der Waals surface area contributed by atoms with Crippen LogP contribution in [0.3, 0.4) is 0 Å². The molecule has 1 saturated heterocycles. The van der Waals surface area contributed by atoms with Gasteiger partial charge in [-0.3, -0.25) is 9.69 Å². The van der Waals surface area contributed by atoms with Gasteiger partial charge in [-0.1, -0.05) is 0 Å². The van der Waals surface area contributed by atoms with Crippen molar-refractivity contribution in [1.82, 2.24) is 4.90 Å². The average Bonchev–Trinajstić information content (AvgIpc) is 2.50. The van der Waals surface area contributed by atoms with Gasteiger partial charge in [0, 0.05) is 26.2 Å². The summed E-state index contributed by atoms with van der Waals surface area (Å²) in [5.41, 5.74) is 4.68. The summed E-state index contributed by atoms with van der Waals surface area (Å²) in [7, 11) is 1.64. The lowest BCUT2D eigenvalue weighted by molar-refractivity contribution is -0.142. The Balaban J connectivity index is 2.52. The molecule has 82 valence electrons. The third-order valence-corrected chi connectivity index (χ3v) is 2.79. The maximum Gasteiger partial charge on any atom is 0.325 e. The van der Waals surface area contributed by atoms with Crippen LogP contribution in [0.25, 0.3) is 0 Å². The molecule has 14 heavy (non-hydrogen) atoms. The summed E-state index contributed by atoms with van der Waals surface area (Å²) in [6, 6.07) is 0.227. The summed E-state index contributed by atoms with van der Waals surface area (Å²) in [6.45, 7) is 3.76. The van der Waals surface area contributed by atoms with Gasteiger partial charge in [-0.2, -0.15) is 0 Å². The molecule has 0 aromatic carbocycles. The van der Waals surface area contributed by atoms with Crippen molar-refractivity contribution in [2.75, 3.05) is 26.8 Å². The van der Waals surface area contributed by atoms with E-state index in [2.05, 4.69) is 4.90 Å². The summed E-state index contributed by atoms with van der Waals surface area (Å²) < 4.78 is 5.01. The van der Waals surface area contributed by atoms with E-state index in [0.29, 0.717) is 19.6 Å². The molecule has 5 heteroatoms. The SMILES string of the molecule is COCC(C)N1CCC(N)(C(=O)O)C1. The van der Waals surface area contributed by atoms with Gasteiger partial charge in [0.2, 0.25) is 0 Å². The second-order valence-corrected chi connectivity index (χ2v) is 3.99. The highest BCUT2D eigenvalue weighted by Crippen LogP contribution is 2.20. The van der Waals surface area contributed by atoms with Crippen LogP contribution in [0.2, 0.25) is 0 Å². The Kier molecular flexibility index (Phi) is 3.47. The van der Waals surface area contributed by atoms with Crippen molar-refractivity contribution in [3.63, 3.8) is 0 Å². The standard InChI is InChI=1S/C9H18N2O3/c1-7(5-14-2)11-4-3-9(10,6-11)8(12)13/h7H,3-6,10H2,1-2H3,(H,12,13). The largest absolute Gasteiger partial charge is 0.480 e. The van der Waals surface area contributed by atoms with E-state index in [1.54, 1.807) is 7.11 Å². The van der Waals surface area contributed by atoms with E-state index >= 15 is 0 Å². The zero-order valence-electron chi connectivity index (χ0n) is 8.69. The first kappa shape index (κ1) is 11.4. The number of hydrogen-bond donors (Lipinski definition) is 2. The van der Waals surface area contributed by atoms with E-state index < -0.39 is 11.5 Å². The Labute approximate surface area is 83.8 Å². The van der Waals surface area contributed by atoms with Crippen LogP contribution in [0.1, 0.15) is 13.3 Å². The van der Waals surface area contributed by atoms with Gasteiger partial charge >= 0.3 is 5.97 Å². The Morgan fingerprint density at radius 3 is 2.86 bits per heavy atom. The normalized spacial score (nSPS) is 30.5. The number of methoxy groups -OCH3 is 1. The van der Waals surface area contributed by atoms with Crippen molar-refractivity contribution in [3.05, 3.63) is 0 Å². The van der Waals surface area contributed by atoms with Gasteiger partial charge in [-0.25, -0.2) is 0 Å². The average molecular weight is 202 g/mol. The van der Waals surface area contributed by atoms with Crippen molar-refractivity contribution in [2.24, 2.45) is 5.73 Å². The first-order valence-electron chi connectivity index (χ1n) is 4.75. The lowest BCUT2D eigenvalue weighted by atomic mass is 10.0. The Bertz CT molecular complexity index is 222. The minimum atomic E-state index is -1.07. The van der Waals surface area contributed by atoms with E-state index in [-0.39, 0.29) is 6.04 Å². The van der Waals surface area contributed by atoms with Crippen LogP contribution >= 0.6 is 0 Å². The predicted octanol–water partition coefficient (Wildman–Crippen LogP) is -0.491. The lowest BCUT2D eigenvalue weighted by Gasteiger charge is -2.25. The summed E-state index contributed by atoms with van der Waals surface area (Å²) in [5, 5.41) is 8.92. The maximum atomic E-state index is 10.9. The second kappa shape index (κ2) is 4.25. The number of nitrogens with two attached hydrogens (primary N) is 1. The molecule has 2 atom stereocenters. The Morgan fingerprint density at radius 2 is 2.43 bits per heavy atom. The van der Waals surface area contributed by atoms with E-state index in [0.717, 1.165) is 6.54 Å². The molecule has 0 amide bonds. The summed E-state index contributed by atoms with van der Waals surface area (Å²) >= 11 is 0. The number of rotatable bonds is 4. The lowest BCUT2D eigenvalue weighted by Crippen LogP contribution is -2.51. The maximum absolute atomic E-state index is 10.9. The number of nitrogens with zero attached hydrogens (tertiary/aromatic N) is 1. The van der Waals surface area contributed by atoms with Crippen molar-refractivity contribution < 1.29 is 14.6 Å². The van der Waals surface area contributed by atoms with Gasteiger partial charge in [-0.15, -0.1) is 0 Å². The molecule has 1 aliphatic rings. The summed E-state index contributed by atoms with van der Waals surface area (Å²) in [6.07, 6.45) is 0.510. The molecular weight excluding hydrogens is 184 g/mol. The molecule has 0 aliphatic carbocycles. The molecular formula is C9H18N2O3. The van der Waals surface area contributed by atoms with Crippen LogP contribution < -0.4 is 5.73 Å². The van der Waals surface area contributed by atoms with Crippen LogP contribution in [-0.2, 0) is 9.53 Å². The zero-order chi connectivity index (χ0) is 10.8. The molecule has 0 bridgehead atoms. The van der Waals surface area contributed by atoms with Gasteiger partial charge in [0.25, 0.3) is 0 Å². The number of carboxylic acids is 1. The highest BCUT2D eigenvalue weighted by Gasteiger charge is 2.42. The first-order chi connectivity index (χ1) is 6.49. The first-order valence-corrected chi connectivity index (χ1v) is 4.75. The molecule has 1 rings (SSSR count). The van der Waals surface area contributed by atoms with Crippen LogP contribution in [-0.4, -0.2) is 54.4 Å². The van der Waals surface area contributed by atoms with Crippen molar-refractivity contribution in [1.29, 1.82) is 0 Å². The molecule has 2 unspecified atom stereocenters. The highest BCUT2D eigenvalue weighted by molar-refractivity contribution is 5.79. The van der Waals surface area contributed by atoms with Crippen molar-refractivity contribution >= 4 is 5.97 Å². The molecule has 0 spiro atoms. The fraction of sp³-hybridized carbons (Fsp3) is 0.889. The van der Waals surface area contributed by atoms with Crippen LogP contribution in [0.4, 0.5) is 0 Å². The molecule has 3 N–H and O–H groups in total. The number of carboxylic acid groups (broad SMARTS) is 1. The number of likely N-dealkylation sites (tertiary alicyclic amines) is 1. The van der Waals surface area contributed by atoms with E-state index in [9.17, 15) is 4.79 Å². The van der Waals surface area contributed by atoms with Gasteiger partial charge in [0.15, 0.2) is 0 Å². The van der Waals surface area contributed by atoms with Crippen LogP contribution in [0, 0.1) is 0 Å². The zero-order valence-corrected chi connectivity index (χ0v) is 8.69. The second-order valence-electron chi connectivity index (χ2n) is 3.99. The molecule has 5 nitrogen and oxygen atoms in total. The monoisotopic (exact) mass is 202 g/mol. The third kappa shape index (κ3) is 2.23. The summed E-state index contributed by atoms with van der Waals surface area (Å²) in [5.74, 6) is -0.912. The number of hydrogen-bond acceptors (Lipinski definition) is 4. The van der Waals surface area contributed by atoms with E-state index in [1.165, 1.54) is 0 Å². The van der Waals surface area contributed by atoms with E-state index in [4.69, 9.17) is 15.6 Å². The molecule has 0 saturated carbocycles. The quantitative estimate of drug-likeness (QED) is 0.643. The molecule has 0 aromatic heterocycles. The summed E-state index contributed by atoms with van der Waals surface area (Å²) in [4.78, 5) is 12.9. The fourth-order valence-corrected chi connectivity index (χ4v) is 1.76. The molecule has 0 radical (unpaired) electrons. The van der Waals surface area contributed by atoms with Crippen LogP contribution in [0.15, 0.2) is 0 Å². The van der Waals surface area contributed by atoms with Crippen molar-refractivity contribution in [2.45, 2.75) is 24.9 Å². The van der Waals surface area contributed by atoms with E-state index in [1.807, 2.05) is 6.92 Å². The van der Waals surface area contributed by atoms with Gasteiger partial charge in [0.1, 0.15) is 5.54 Å². The van der Waals surface area contributed by atoms with Crippen LogP contribution in [0.5, 0.6) is 0 Å². The number of aliphatic carboxylic acids is 1. The highest BCUT2D eigenvalue weighted by atomic mass is 16.5. The smallest absolute Gasteiger partial charge is 0.325 e. The van der Waals surface area contributed by atoms with Gasteiger partial charge < -0.3 is 15.6 Å². The van der Waals surface area contributed by atoms with Gasteiger partial charge in [0.05, 0.1) is 6.61 Å². The molecule has 1 aliphatic heterocycles. The molecule has 0 aromatic rings. The Morgan fingerprint density at radius 1 is 1.79 bits per heavy atom. The van der Waals surface area contributed by atoms with Crippen molar-refractivity contribution in [3.8, 4) is 0 Å².